The van der Waals surface area contributed by atoms with E-state index >= 15 is 0 Å². The maximum atomic E-state index is 12.2. The molecule has 2 fully saturated rings. The van der Waals surface area contributed by atoms with E-state index in [4.69, 9.17) is 9.47 Å². The van der Waals surface area contributed by atoms with Crippen molar-refractivity contribution >= 4 is 5.91 Å². The molecule has 0 N–H and O–H groups in total. The predicted molar refractivity (Wildman–Crippen MR) is 99.4 cm³/mol. The molecule has 1 amide bonds. The summed E-state index contributed by atoms with van der Waals surface area (Å²) in [4.78, 5) is 14.2. The Morgan fingerprint density at radius 1 is 1.00 bits per heavy atom. The topological polar surface area (TPSA) is 38.8 Å². The highest BCUT2D eigenvalue weighted by molar-refractivity contribution is 5.78. The van der Waals surface area contributed by atoms with Crippen LogP contribution in [-0.2, 0) is 27.4 Å². The zero-order valence-electron chi connectivity index (χ0n) is 15.0. The number of nitrogens with zero attached hydrogens (tertiary/aromatic N) is 1. The number of benzene rings is 2. The maximum absolute atomic E-state index is 12.2. The van der Waals surface area contributed by atoms with Gasteiger partial charge in [-0.2, -0.15) is 0 Å². The third kappa shape index (κ3) is 3.97. The average molecular weight is 351 g/mol. The number of hydrogen-bond donors (Lipinski definition) is 0. The van der Waals surface area contributed by atoms with Crippen LogP contribution in [0.1, 0.15) is 24.0 Å². The summed E-state index contributed by atoms with van der Waals surface area (Å²) >= 11 is 0. The quantitative estimate of drug-likeness (QED) is 0.801. The molecule has 1 heterocycles. The van der Waals surface area contributed by atoms with Crippen LogP contribution < -0.4 is 0 Å². The smallest absolute Gasteiger partial charge is 0.248 e. The lowest BCUT2D eigenvalue weighted by Gasteiger charge is -2.52. The highest BCUT2D eigenvalue weighted by atomic mass is 16.5. The van der Waals surface area contributed by atoms with Crippen LogP contribution in [0.25, 0.3) is 0 Å². The first-order chi connectivity index (χ1) is 12.7. The predicted octanol–water partition coefficient (Wildman–Crippen LogP) is 3.41. The molecule has 1 saturated carbocycles. The summed E-state index contributed by atoms with van der Waals surface area (Å²) in [7, 11) is 0. The van der Waals surface area contributed by atoms with Gasteiger partial charge in [-0.25, -0.2) is 0 Å². The van der Waals surface area contributed by atoms with E-state index in [1.54, 1.807) is 0 Å². The van der Waals surface area contributed by atoms with Crippen molar-refractivity contribution in [1.82, 2.24) is 4.90 Å². The molecule has 1 saturated heterocycles. The van der Waals surface area contributed by atoms with Crippen molar-refractivity contribution in [3.63, 3.8) is 0 Å². The first kappa shape index (κ1) is 17.3. The minimum Gasteiger partial charge on any atom is -0.376 e. The van der Waals surface area contributed by atoms with Crippen LogP contribution in [0.3, 0.4) is 0 Å². The van der Waals surface area contributed by atoms with Gasteiger partial charge >= 0.3 is 0 Å². The summed E-state index contributed by atoms with van der Waals surface area (Å²) < 4.78 is 11.8. The number of ether oxygens (including phenoxy) is 2. The van der Waals surface area contributed by atoms with E-state index in [2.05, 4.69) is 24.3 Å². The fourth-order valence-corrected chi connectivity index (χ4v) is 4.01. The molecule has 4 nitrogen and oxygen atoms in total. The normalized spacial score (nSPS) is 25.3. The van der Waals surface area contributed by atoms with Crippen molar-refractivity contribution in [2.24, 2.45) is 5.92 Å². The van der Waals surface area contributed by atoms with Gasteiger partial charge in [-0.05, 0) is 29.9 Å². The van der Waals surface area contributed by atoms with Gasteiger partial charge in [0, 0.05) is 6.54 Å². The second-order valence-electron chi connectivity index (χ2n) is 7.48. The third-order valence-corrected chi connectivity index (χ3v) is 5.34. The largest absolute Gasteiger partial charge is 0.376 e. The number of morpholine rings is 1. The van der Waals surface area contributed by atoms with Gasteiger partial charge in [-0.15, -0.1) is 0 Å². The summed E-state index contributed by atoms with van der Waals surface area (Å²) in [6, 6.07) is 20.4. The molecule has 0 atom stereocenters. The molecule has 2 aliphatic rings. The Bertz CT molecular complexity index is 726. The number of amides is 1. The van der Waals surface area contributed by atoms with Gasteiger partial charge in [-0.3, -0.25) is 4.79 Å². The van der Waals surface area contributed by atoms with E-state index in [-0.39, 0.29) is 18.1 Å². The molecular formula is C22H25NO3. The van der Waals surface area contributed by atoms with Crippen LogP contribution >= 0.6 is 0 Å². The van der Waals surface area contributed by atoms with Gasteiger partial charge in [0.05, 0.1) is 25.4 Å². The van der Waals surface area contributed by atoms with E-state index in [9.17, 15) is 4.79 Å². The van der Waals surface area contributed by atoms with Gasteiger partial charge in [0.25, 0.3) is 0 Å². The van der Waals surface area contributed by atoms with E-state index in [1.165, 1.54) is 11.1 Å². The van der Waals surface area contributed by atoms with Crippen molar-refractivity contribution in [2.45, 2.75) is 31.6 Å². The van der Waals surface area contributed by atoms with Gasteiger partial charge in [0.1, 0.15) is 6.61 Å². The molecule has 0 aromatic heterocycles. The Morgan fingerprint density at radius 3 is 2.35 bits per heavy atom. The Kier molecular flexibility index (Phi) is 5.05. The highest BCUT2D eigenvalue weighted by Crippen LogP contribution is 2.43. The SMILES string of the molecule is O=C1COC2(CC(COCc3ccccc3)C2)CN1Cc1ccccc1. The summed E-state index contributed by atoms with van der Waals surface area (Å²) in [5.74, 6) is 0.605. The molecule has 0 radical (unpaired) electrons. The number of hydrogen-bond acceptors (Lipinski definition) is 3. The monoisotopic (exact) mass is 351 g/mol. The molecular weight excluding hydrogens is 326 g/mol. The van der Waals surface area contributed by atoms with Gasteiger partial charge in [0.2, 0.25) is 5.91 Å². The minimum atomic E-state index is -0.163. The Balaban J connectivity index is 1.25. The van der Waals surface area contributed by atoms with E-state index in [1.807, 2.05) is 41.3 Å². The molecule has 136 valence electrons. The van der Waals surface area contributed by atoms with E-state index in [0.717, 1.165) is 19.4 Å². The fourth-order valence-electron chi connectivity index (χ4n) is 4.01. The molecule has 0 unspecified atom stereocenters. The molecule has 2 aromatic rings. The molecule has 1 aliphatic heterocycles. The van der Waals surface area contributed by atoms with Crippen LogP contribution in [0.2, 0.25) is 0 Å². The van der Waals surface area contributed by atoms with Crippen LogP contribution in [0.15, 0.2) is 60.7 Å². The first-order valence-electron chi connectivity index (χ1n) is 9.30. The minimum absolute atomic E-state index is 0.0863. The highest BCUT2D eigenvalue weighted by Gasteiger charge is 2.49. The van der Waals surface area contributed by atoms with E-state index < -0.39 is 0 Å². The number of carbonyl (C=O) groups is 1. The van der Waals surface area contributed by atoms with E-state index in [0.29, 0.717) is 25.6 Å². The zero-order chi connectivity index (χ0) is 17.8. The Morgan fingerprint density at radius 2 is 1.65 bits per heavy atom. The van der Waals surface area contributed by atoms with Crippen molar-refractivity contribution in [3.8, 4) is 0 Å². The Labute approximate surface area is 154 Å². The van der Waals surface area contributed by atoms with Crippen molar-refractivity contribution in [3.05, 3.63) is 71.8 Å². The lowest BCUT2D eigenvalue weighted by atomic mass is 9.70. The van der Waals surface area contributed by atoms with Gasteiger partial charge < -0.3 is 14.4 Å². The zero-order valence-corrected chi connectivity index (χ0v) is 15.0. The van der Waals surface area contributed by atoms with Crippen LogP contribution in [0.4, 0.5) is 0 Å². The molecule has 1 spiro atoms. The summed E-state index contributed by atoms with van der Waals surface area (Å²) in [5.41, 5.74) is 2.21. The lowest BCUT2D eigenvalue weighted by Crippen LogP contribution is -2.60. The fraction of sp³-hybridized carbons (Fsp3) is 0.409. The third-order valence-electron chi connectivity index (χ3n) is 5.34. The first-order valence-corrected chi connectivity index (χ1v) is 9.30. The van der Waals surface area contributed by atoms with Gasteiger partial charge in [0.15, 0.2) is 0 Å². The van der Waals surface area contributed by atoms with Crippen molar-refractivity contribution in [2.75, 3.05) is 19.8 Å². The molecule has 2 aromatic carbocycles. The molecule has 1 aliphatic carbocycles. The molecule has 0 bridgehead atoms. The number of rotatable bonds is 6. The maximum Gasteiger partial charge on any atom is 0.248 e. The van der Waals surface area contributed by atoms with Crippen LogP contribution in [0.5, 0.6) is 0 Å². The summed E-state index contributed by atoms with van der Waals surface area (Å²) in [6.07, 6.45) is 1.95. The van der Waals surface area contributed by atoms with Crippen LogP contribution in [0, 0.1) is 5.92 Å². The summed E-state index contributed by atoms with van der Waals surface area (Å²) in [6.45, 7) is 2.97. The second-order valence-corrected chi connectivity index (χ2v) is 7.48. The molecule has 26 heavy (non-hydrogen) atoms. The molecule has 4 heteroatoms. The van der Waals surface area contributed by atoms with Crippen LogP contribution in [-0.4, -0.2) is 36.2 Å². The van der Waals surface area contributed by atoms with Crippen molar-refractivity contribution in [1.29, 1.82) is 0 Å². The standard InChI is InChI=1S/C22H25NO3/c24-21-16-26-22(17-23(21)13-18-7-3-1-4-8-18)11-20(12-22)15-25-14-19-9-5-2-6-10-19/h1-10,20H,11-17H2. The lowest BCUT2D eigenvalue weighted by molar-refractivity contribution is -0.195. The molecule has 4 rings (SSSR count). The average Bonchev–Trinajstić information content (AvgIpc) is 2.65. The Hall–Kier alpha value is -2.17. The number of carbonyl (C=O) groups excluding carboxylic acids is 1. The summed E-state index contributed by atoms with van der Waals surface area (Å²) in [5, 5.41) is 0. The van der Waals surface area contributed by atoms with Gasteiger partial charge in [-0.1, -0.05) is 60.7 Å². The van der Waals surface area contributed by atoms with Crippen molar-refractivity contribution < 1.29 is 14.3 Å². The second kappa shape index (κ2) is 7.60.